The molecule has 154 valence electrons. The summed E-state index contributed by atoms with van der Waals surface area (Å²) in [6.45, 7) is 0.400. The maximum Gasteiger partial charge on any atom is 0.254 e. The van der Waals surface area contributed by atoms with E-state index in [-0.39, 0.29) is 5.91 Å². The highest BCUT2D eigenvalue weighted by molar-refractivity contribution is 5.96. The molecule has 0 atom stereocenters. The van der Waals surface area contributed by atoms with Crippen molar-refractivity contribution < 1.29 is 19.0 Å². The number of methoxy groups -OCH3 is 2. The molecule has 5 heteroatoms. The Morgan fingerprint density at radius 2 is 1.52 bits per heavy atom. The molecule has 0 N–H and O–H groups in total. The molecular weight excluding hydrogens is 366 g/mol. The van der Waals surface area contributed by atoms with Crippen LogP contribution in [0.25, 0.3) is 0 Å². The van der Waals surface area contributed by atoms with Gasteiger partial charge in [-0.1, -0.05) is 43.2 Å². The van der Waals surface area contributed by atoms with Crippen LogP contribution >= 0.6 is 0 Å². The summed E-state index contributed by atoms with van der Waals surface area (Å²) < 4.78 is 17.2. The molecular formula is C24H29NO4. The van der Waals surface area contributed by atoms with Gasteiger partial charge in [-0.05, 0) is 43.4 Å². The first-order chi connectivity index (χ1) is 14.2. The minimum absolute atomic E-state index is 0.0746. The van der Waals surface area contributed by atoms with Crippen molar-refractivity contribution in [1.82, 2.24) is 4.90 Å². The van der Waals surface area contributed by atoms with Crippen LogP contribution in [0, 0.1) is 0 Å². The first-order valence-electron chi connectivity index (χ1n) is 10.5. The Bertz CT molecular complexity index is 816. The molecule has 1 amide bonds. The first kappa shape index (κ1) is 19.6. The fraction of sp³-hybridized carbons (Fsp3) is 0.458. The van der Waals surface area contributed by atoms with Gasteiger partial charge in [0.15, 0.2) is 11.5 Å². The molecule has 0 radical (unpaired) electrons. The van der Waals surface area contributed by atoms with Crippen LogP contribution in [0.2, 0.25) is 0 Å². The van der Waals surface area contributed by atoms with E-state index in [1.54, 1.807) is 26.4 Å². The first-order valence-corrected chi connectivity index (χ1v) is 10.5. The second-order valence-electron chi connectivity index (χ2n) is 7.87. The van der Waals surface area contributed by atoms with E-state index in [0.717, 1.165) is 31.2 Å². The number of nitrogens with zero attached hydrogens (tertiary/aromatic N) is 1. The molecule has 2 saturated carbocycles. The van der Waals surface area contributed by atoms with Gasteiger partial charge in [-0.3, -0.25) is 4.79 Å². The van der Waals surface area contributed by atoms with Crippen LogP contribution in [0.4, 0.5) is 0 Å². The second kappa shape index (κ2) is 8.76. The summed E-state index contributed by atoms with van der Waals surface area (Å²) in [7, 11) is 3.18. The number of rotatable bonds is 8. The minimum atomic E-state index is 0.0746. The van der Waals surface area contributed by atoms with Crippen molar-refractivity contribution in [2.24, 2.45) is 0 Å². The Morgan fingerprint density at radius 1 is 0.931 bits per heavy atom. The van der Waals surface area contributed by atoms with E-state index < -0.39 is 0 Å². The Morgan fingerprint density at radius 3 is 2.07 bits per heavy atom. The molecule has 0 aromatic heterocycles. The highest BCUT2D eigenvalue weighted by atomic mass is 16.5. The average molecular weight is 395 g/mol. The predicted octanol–water partition coefficient (Wildman–Crippen LogP) is 4.83. The molecule has 2 aromatic carbocycles. The molecule has 2 aromatic rings. The summed E-state index contributed by atoms with van der Waals surface area (Å²) in [5.41, 5.74) is 1.66. The lowest BCUT2D eigenvalue weighted by atomic mass is 10.1. The van der Waals surface area contributed by atoms with Gasteiger partial charge in [0, 0.05) is 17.6 Å². The summed E-state index contributed by atoms with van der Waals surface area (Å²) in [4.78, 5) is 15.5. The van der Waals surface area contributed by atoms with Crippen molar-refractivity contribution in [3.63, 3.8) is 0 Å². The van der Waals surface area contributed by atoms with Crippen molar-refractivity contribution in [2.75, 3.05) is 14.2 Å². The van der Waals surface area contributed by atoms with E-state index >= 15 is 0 Å². The van der Waals surface area contributed by atoms with Crippen LogP contribution < -0.4 is 14.2 Å². The van der Waals surface area contributed by atoms with Gasteiger partial charge in [0.1, 0.15) is 6.61 Å². The predicted molar refractivity (Wildman–Crippen MR) is 112 cm³/mol. The molecule has 0 unspecified atom stereocenters. The number of carbonyl (C=O) groups excluding carboxylic acids is 1. The largest absolute Gasteiger partial charge is 0.493 e. The molecule has 29 heavy (non-hydrogen) atoms. The molecule has 0 heterocycles. The number of hydrogen-bond donors (Lipinski definition) is 0. The number of amides is 1. The molecule has 0 aliphatic heterocycles. The Balaban J connectivity index is 1.60. The maximum absolute atomic E-state index is 13.4. The van der Waals surface area contributed by atoms with Crippen molar-refractivity contribution in [1.29, 1.82) is 0 Å². The van der Waals surface area contributed by atoms with Crippen molar-refractivity contribution in [2.45, 2.75) is 57.2 Å². The van der Waals surface area contributed by atoms with Crippen molar-refractivity contribution >= 4 is 5.91 Å². The lowest BCUT2D eigenvalue weighted by Gasteiger charge is -2.29. The Labute approximate surface area is 172 Å². The molecule has 2 aliphatic rings. The van der Waals surface area contributed by atoms with Gasteiger partial charge in [-0.15, -0.1) is 0 Å². The van der Waals surface area contributed by atoms with Gasteiger partial charge in [-0.25, -0.2) is 0 Å². The maximum atomic E-state index is 13.4. The van der Waals surface area contributed by atoms with Crippen LogP contribution in [-0.4, -0.2) is 37.1 Å². The third-order valence-corrected chi connectivity index (χ3v) is 5.83. The van der Waals surface area contributed by atoms with Gasteiger partial charge in [-0.2, -0.15) is 0 Å². The normalized spacial score (nSPS) is 16.5. The molecule has 0 spiro atoms. The van der Waals surface area contributed by atoms with Gasteiger partial charge in [0.2, 0.25) is 5.75 Å². The Kier molecular flexibility index (Phi) is 5.93. The van der Waals surface area contributed by atoms with Crippen LogP contribution in [-0.2, 0) is 6.61 Å². The van der Waals surface area contributed by atoms with Crippen LogP contribution in [0.15, 0.2) is 42.5 Å². The minimum Gasteiger partial charge on any atom is -0.493 e. The SMILES string of the molecule is COc1cc(C(=O)N(C2CCCC2)C2CC2)cc(OC)c1OCc1ccccc1. The molecule has 0 saturated heterocycles. The lowest BCUT2D eigenvalue weighted by molar-refractivity contribution is 0.0663. The monoisotopic (exact) mass is 395 g/mol. The zero-order chi connectivity index (χ0) is 20.2. The number of carbonyl (C=O) groups is 1. The molecule has 4 rings (SSSR count). The number of hydrogen-bond acceptors (Lipinski definition) is 4. The highest BCUT2D eigenvalue weighted by Crippen LogP contribution is 2.41. The zero-order valence-corrected chi connectivity index (χ0v) is 17.2. The number of benzene rings is 2. The van der Waals surface area contributed by atoms with E-state index in [1.807, 2.05) is 30.3 Å². The third kappa shape index (κ3) is 4.34. The average Bonchev–Trinajstić information content (AvgIpc) is 3.45. The van der Waals surface area contributed by atoms with Gasteiger partial charge < -0.3 is 19.1 Å². The third-order valence-electron chi connectivity index (χ3n) is 5.83. The molecule has 0 bridgehead atoms. The van der Waals surface area contributed by atoms with E-state index in [2.05, 4.69) is 4.90 Å². The standard InChI is InChI=1S/C24H29NO4/c1-27-21-14-18(24(26)25(20-12-13-20)19-10-6-7-11-19)15-22(28-2)23(21)29-16-17-8-4-3-5-9-17/h3-5,8-9,14-15,19-20H,6-7,10-13,16H2,1-2H3. The number of ether oxygens (including phenoxy) is 3. The zero-order valence-electron chi connectivity index (χ0n) is 17.2. The summed E-state index contributed by atoms with van der Waals surface area (Å²) >= 11 is 0. The van der Waals surface area contributed by atoms with Crippen LogP contribution in [0.1, 0.15) is 54.4 Å². The van der Waals surface area contributed by atoms with Crippen molar-refractivity contribution in [3.05, 3.63) is 53.6 Å². The molecule has 2 fully saturated rings. The molecule has 2 aliphatic carbocycles. The van der Waals surface area contributed by atoms with Crippen LogP contribution in [0.3, 0.4) is 0 Å². The molecule has 5 nitrogen and oxygen atoms in total. The lowest BCUT2D eigenvalue weighted by Crippen LogP contribution is -2.40. The van der Waals surface area contributed by atoms with Crippen molar-refractivity contribution in [3.8, 4) is 17.2 Å². The van der Waals surface area contributed by atoms with Gasteiger partial charge in [0.25, 0.3) is 5.91 Å². The fourth-order valence-electron chi connectivity index (χ4n) is 4.19. The summed E-state index contributed by atoms with van der Waals surface area (Å²) in [6.07, 6.45) is 6.84. The van der Waals surface area contributed by atoms with E-state index in [4.69, 9.17) is 14.2 Å². The summed E-state index contributed by atoms with van der Waals surface area (Å²) in [5.74, 6) is 1.64. The van der Waals surface area contributed by atoms with E-state index in [0.29, 0.717) is 41.5 Å². The van der Waals surface area contributed by atoms with Gasteiger partial charge in [0.05, 0.1) is 14.2 Å². The quantitative estimate of drug-likeness (QED) is 0.642. The summed E-state index contributed by atoms with van der Waals surface area (Å²) in [5, 5.41) is 0. The smallest absolute Gasteiger partial charge is 0.254 e. The Hall–Kier alpha value is -2.69. The van der Waals surface area contributed by atoms with E-state index in [1.165, 1.54) is 12.8 Å². The fourth-order valence-corrected chi connectivity index (χ4v) is 4.19. The highest BCUT2D eigenvalue weighted by Gasteiger charge is 2.39. The topological polar surface area (TPSA) is 48.0 Å². The van der Waals surface area contributed by atoms with E-state index in [9.17, 15) is 4.79 Å². The van der Waals surface area contributed by atoms with Crippen LogP contribution in [0.5, 0.6) is 17.2 Å². The second-order valence-corrected chi connectivity index (χ2v) is 7.87. The van der Waals surface area contributed by atoms with Gasteiger partial charge >= 0.3 is 0 Å². The summed E-state index contributed by atoms with van der Waals surface area (Å²) in [6, 6.07) is 14.3.